The molecule has 0 saturated heterocycles. The highest BCUT2D eigenvalue weighted by atomic mass is 19.1. The zero-order valence-electron chi connectivity index (χ0n) is 6.60. The molecule has 3 N–H and O–H groups in total. The van der Waals surface area contributed by atoms with E-state index < -0.39 is 11.8 Å². The van der Waals surface area contributed by atoms with Crippen molar-refractivity contribution in [3.8, 4) is 0 Å². The number of carbonyl (C=O) groups is 1. The Bertz CT molecular complexity index is 312. The summed E-state index contributed by atoms with van der Waals surface area (Å²) >= 11 is 0. The van der Waals surface area contributed by atoms with Gasteiger partial charge in [0.15, 0.2) is 0 Å². The predicted molar refractivity (Wildman–Crippen MR) is 44.3 cm³/mol. The summed E-state index contributed by atoms with van der Waals surface area (Å²) in [6, 6.07) is 3.72. The lowest BCUT2D eigenvalue weighted by Gasteiger charge is -2.02. The maximum Gasteiger partial charge on any atom is 0.316 e. The number of hydrogen-bond acceptors (Lipinski definition) is 1. The third-order valence-corrected chi connectivity index (χ3v) is 1.38. The molecule has 0 fully saturated rings. The second kappa shape index (κ2) is 3.21. The normalized spacial score (nSPS) is 9.50. The number of carbonyl (C=O) groups excluding carboxylic acids is 1. The van der Waals surface area contributed by atoms with Crippen LogP contribution >= 0.6 is 0 Å². The van der Waals surface area contributed by atoms with Crippen LogP contribution in [0.3, 0.4) is 0 Å². The summed E-state index contributed by atoms with van der Waals surface area (Å²) in [6.07, 6.45) is 0. The van der Waals surface area contributed by atoms with Crippen LogP contribution in [-0.2, 0) is 0 Å². The maximum absolute atomic E-state index is 12.9. The average molecular weight is 168 g/mol. The van der Waals surface area contributed by atoms with Crippen LogP contribution in [0.25, 0.3) is 0 Å². The SMILES string of the molecule is Cc1ccc(NC(N)=O)c(F)c1. The van der Waals surface area contributed by atoms with Gasteiger partial charge in [0.2, 0.25) is 0 Å². The molecule has 64 valence electrons. The lowest BCUT2D eigenvalue weighted by Crippen LogP contribution is -2.19. The molecule has 1 rings (SSSR count). The molecule has 0 saturated carbocycles. The minimum Gasteiger partial charge on any atom is -0.351 e. The van der Waals surface area contributed by atoms with Crippen molar-refractivity contribution in [1.82, 2.24) is 0 Å². The number of urea groups is 1. The van der Waals surface area contributed by atoms with Crippen LogP contribution in [0.1, 0.15) is 5.56 Å². The molecule has 0 heterocycles. The fourth-order valence-corrected chi connectivity index (χ4v) is 0.854. The van der Waals surface area contributed by atoms with Gasteiger partial charge in [-0.15, -0.1) is 0 Å². The second-order valence-corrected chi connectivity index (χ2v) is 2.47. The van der Waals surface area contributed by atoms with Gasteiger partial charge in [0.05, 0.1) is 5.69 Å². The zero-order valence-corrected chi connectivity index (χ0v) is 6.60. The van der Waals surface area contributed by atoms with E-state index in [9.17, 15) is 9.18 Å². The highest BCUT2D eigenvalue weighted by molar-refractivity contribution is 5.87. The van der Waals surface area contributed by atoms with Crippen molar-refractivity contribution in [3.63, 3.8) is 0 Å². The molecule has 1 aromatic rings. The molecule has 0 aliphatic rings. The monoisotopic (exact) mass is 168 g/mol. The summed E-state index contributed by atoms with van der Waals surface area (Å²) in [4.78, 5) is 10.4. The molecule has 2 amide bonds. The topological polar surface area (TPSA) is 55.1 Å². The van der Waals surface area contributed by atoms with Gasteiger partial charge >= 0.3 is 6.03 Å². The largest absolute Gasteiger partial charge is 0.351 e. The Kier molecular flexibility index (Phi) is 2.28. The van der Waals surface area contributed by atoms with Gasteiger partial charge in [-0.3, -0.25) is 0 Å². The van der Waals surface area contributed by atoms with Crippen molar-refractivity contribution in [2.24, 2.45) is 5.73 Å². The first kappa shape index (κ1) is 8.52. The standard InChI is InChI=1S/C8H9FN2O/c1-5-2-3-7(6(9)4-5)11-8(10)12/h2-4H,1H3,(H3,10,11,12). The first-order chi connectivity index (χ1) is 5.59. The number of primary amides is 1. The molecule has 12 heavy (non-hydrogen) atoms. The number of rotatable bonds is 1. The third kappa shape index (κ3) is 1.95. The highest BCUT2D eigenvalue weighted by Gasteiger charge is 2.02. The Labute approximate surface area is 69.4 Å². The van der Waals surface area contributed by atoms with Crippen molar-refractivity contribution >= 4 is 11.7 Å². The van der Waals surface area contributed by atoms with E-state index in [1.54, 1.807) is 13.0 Å². The number of nitrogens with two attached hydrogens (primary N) is 1. The van der Waals surface area contributed by atoms with Crippen LogP contribution in [-0.4, -0.2) is 6.03 Å². The summed E-state index contributed by atoms with van der Waals surface area (Å²) in [7, 11) is 0. The number of nitrogens with one attached hydrogen (secondary N) is 1. The van der Waals surface area contributed by atoms with Crippen molar-refractivity contribution in [2.75, 3.05) is 5.32 Å². The maximum atomic E-state index is 12.9. The van der Waals surface area contributed by atoms with E-state index in [0.29, 0.717) is 0 Å². The molecule has 0 spiro atoms. The number of anilines is 1. The summed E-state index contributed by atoms with van der Waals surface area (Å²) in [5.41, 5.74) is 5.71. The minimum atomic E-state index is -0.766. The molecule has 1 aromatic carbocycles. The van der Waals surface area contributed by atoms with E-state index in [1.165, 1.54) is 12.1 Å². The quantitative estimate of drug-likeness (QED) is 0.657. The van der Waals surface area contributed by atoms with E-state index in [4.69, 9.17) is 5.73 Å². The van der Waals surface area contributed by atoms with Crippen LogP contribution in [0.15, 0.2) is 18.2 Å². The lowest BCUT2D eigenvalue weighted by atomic mass is 10.2. The molecule has 0 aromatic heterocycles. The van der Waals surface area contributed by atoms with Crippen molar-refractivity contribution in [1.29, 1.82) is 0 Å². The molecule has 0 unspecified atom stereocenters. The van der Waals surface area contributed by atoms with Gasteiger partial charge in [-0.2, -0.15) is 0 Å². The Morgan fingerprint density at radius 2 is 2.25 bits per heavy atom. The Morgan fingerprint density at radius 3 is 2.75 bits per heavy atom. The molecular formula is C8H9FN2O. The fourth-order valence-electron chi connectivity index (χ4n) is 0.854. The highest BCUT2D eigenvalue weighted by Crippen LogP contribution is 2.14. The number of amides is 2. The van der Waals surface area contributed by atoms with Gasteiger partial charge < -0.3 is 11.1 Å². The summed E-state index contributed by atoms with van der Waals surface area (Å²) in [6.45, 7) is 1.76. The number of hydrogen-bond donors (Lipinski definition) is 2. The first-order valence-corrected chi connectivity index (χ1v) is 3.42. The Balaban J connectivity index is 2.93. The van der Waals surface area contributed by atoms with Crippen LogP contribution in [0.2, 0.25) is 0 Å². The Hall–Kier alpha value is -1.58. The second-order valence-electron chi connectivity index (χ2n) is 2.47. The van der Waals surface area contributed by atoms with Gasteiger partial charge in [-0.05, 0) is 24.6 Å². The molecule has 0 aliphatic heterocycles. The summed E-state index contributed by atoms with van der Waals surface area (Å²) < 4.78 is 12.9. The number of halogens is 1. The smallest absolute Gasteiger partial charge is 0.316 e. The lowest BCUT2D eigenvalue weighted by molar-refractivity contribution is 0.259. The van der Waals surface area contributed by atoms with Crippen LogP contribution in [0.5, 0.6) is 0 Å². The van der Waals surface area contributed by atoms with E-state index in [0.717, 1.165) is 5.56 Å². The third-order valence-electron chi connectivity index (χ3n) is 1.38. The van der Waals surface area contributed by atoms with E-state index >= 15 is 0 Å². The van der Waals surface area contributed by atoms with Crippen LogP contribution in [0, 0.1) is 12.7 Å². The van der Waals surface area contributed by atoms with Gasteiger partial charge in [0.25, 0.3) is 0 Å². The van der Waals surface area contributed by atoms with Crippen molar-refractivity contribution < 1.29 is 9.18 Å². The molecule has 4 heteroatoms. The van der Waals surface area contributed by atoms with Crippen LogP contribution < -0.4 is 11.1 Å². The molecular weight excluding hydrogens is 159 g/mol. The summed E-state index contributed by atoms with van der Waals surface area (Å²) in [5.74, 6) is -0.478. The number of aryl methyl sites for hydroxylation is 1. The van der Waals surface area contributed by atoms with Gasteiger partial charge in [-0.25, -0.2) is 9.18 Å². The van der Waals surface area contributed by atoms with Crippen molar-refractivity contribution in [2.45, 2.75) is 6.92 Å². The predicted octanol–water partition coefficient (Wildman–Crippen LogP) is 1.62. The van der Waals surface area contributed by atoms with E-state index in [2.05, 4.69) is 5.32 Å². The summed E-state index contributed by atoms with van der Waals surface area (Å²) in [5, 5.41) is 2.16. The molecule has 0 atom stereocenters. The minimum absolute atomic E-state index is 0.105. The zero-order chi connectivity index (χ0) is 9.14. The van der Waals surface area contributed by atoms with Crippen molar-refractivity contribution in [3.05, 3.63) is 29.6 Å². The van der Waals surface area contributed by atoms with E-state index in [-0.39, 0.29) is 5.69 Å². The molecule has 0 aliphatic carbocycles. The number of benzene rings is 1. The van der Waals surface area contributed by atoms with Crippen LogP contribution in [0.4, 0.5) is 14.9 Å². The molecule has 0 bridgehead atoms. The molecule has 0 radical (unpaired) electrons. The average Bonchev–Trinajstić information content (AvgIpc) is 1.94. The molecule has 3 nitrogen and oxygen atoms in total. The van der Waals surface area contributed by atoms with E-state index in [1.807, 2.05) is 0 Å². The van der Waals surface area contributed by atoms with Gasteiger partial charge in [0.1, 0.15) is 5.82 Å². The Morgan fingerprint density at radius 1 is 1.58 bits per heavy atom. The fraction of sp³-hybridized carbons (Fsp3) is 0.125. The van der Waals surface area contributed by atoms with Gasteiger partial charge in [0, 0.05) is 0 Å². The first-order valence-electron chi connectivity index (χ1n) is 3.42. The van der Waals surface area contributed by atoms with Gasteiger partial charge in [-0.1, -0.05) is 6.07 Å².